The van der Waals surface area contributed by atoms with E-state index < -0.39 is 5.92 Å². The molecule has 3 amide bonds. The third-order valence-corrected chi connectivity index (χ3v) is 3.92. The molecule has 1 aromatic carbocycles. The van der Waals surface area contributed by atoms with Crippen LogP contribution in [-0.2, 0) is 9.59 Å². The first-order valence-electron chi connectivity index (χ1n) is 7.48. The lowest BCUT2D eigenvalue weighted by Crippen LogP contribution is -2.29. The molecule has 7 heteroatoms. The smallest absolute Gasteiger partial charge is 0.253 e. The predicted octanol–water partition coefficient (Wildman–Crippen LogP) is 0.862. The number of benzene rings is 1. The van der Waals surface area contributed by atoms with E-state index in [2.05, 4.69) is 10.6 Å². The lowest BCUT2D eigenvalue weighted by atomic mass is 10.1. The van der Waals surface area contributed by atoms with E-state index >= 15 is 0 Å². The first kappa shape index (κ1) is 16.8. The van der Waals surface area contributed by atoms with E-state index in [0.717, 1.165) is 0 Å². The van der Waals surface area contributed by atoms with E-state index in [1.807, 2.05) is 6.92 Å². The minimum absolute atomic E-state index is 0.0195. The summed E-state index contributed by atoms with van der Waals surface area (Å²) < 4.78 is 5.11. The molecule has 1 atom stereocenters. The van der Waals surface area contributed by atoms with Gasteiger partial charge in [-0.1, -0.05) is 0 Å². The highest BCUT2D eigenvalue weighted by atomic mass is 16.5. The zero-order valence-corrected chi connectivity index (χ0v) is 13.5. The average Bonchev–Trinajstić information content (AvgIpc) is 2.95. The number of amides is 3. The molecule has 1 aliphatic rings. The number of hydrogen-bond donors (Lipinski definition) is 2. The van der Waals surface area contributed by atoms with Crippen LogP contribution < -0.4 is 15.4 Å². The van der Waals surface area contributed by atoms with Crippen LogP contribution >= 0.6 is 0 Å². The van der Waals surface area contributed by atoms with Crippen molar-refractivity contribution in [1.82, 2.24) is 10.2 Å². The first-order chi connectivity index (χ1) is 11.0. The molecule has 124 valence electrons. The molecule has 1 heterocycles. The number of nitrogens with zero attached hydrogens (tertiary/aromatic N) is 1. The largest absolute Gasteiger partial charge is 0.497 e. The zero-order valence-electron chi connectivity index (χ0n) is 13.5. The molecule has 0 radical (unpaired) electrons. The molecule has 1 saturated heterocycles. The van der Waals surface area contributed by atoms with Crippen molar-refractivity contribution in [2.45, 2.75) is 13.3 Å². The van der Waals surface area contributed by atoms with E-state index in [9.17, 15) is 14.4 Å². The second kappa shape index (κ2) is 7.13. The maximum absolute atomic E-state index is 12.4. The predicted molar refractivity (Wildman–Crippen MR) is 85.4 cm³/mol. The summed E-state index contributed by atoms with van der Waals surface area (Å²) in [6.07, 6.45) is 0.200. The van der Waals surface area contributed by atoms with Gasteiger partial charge in [0.1, 0.15) is 5.75 Å². The van der Waals surface area contributed by atoms with Crippen LogP contribution in [-0.4, -0.2) is 49.9 Å². The van der Waals surface area contributed by atoms with Gasteiger partial charge in [-0.15, -0.1) is 0 Å². The maximum Gasteiger partial charge on any atom is 0.253 e. The van der Waals surface area contributed by atoms with Crippen molar-refractivity contribution in [2.75, 3.05) is 32.6 Å². The Hall–Kier alpha value is -2.57. The Bertz CT molecular complexity index is 630. The van der Waals surface area contributed by atoms with Crippen LogP contribution in [0.2, 0.25) is 0 Å². The van der Waals surface area contributed by atoms with Gasteiger partial charge in [0.2, 0.25) is 11.8 Å². The molecule has 0 bridgehead atoms. The molecule has 0 aliphatic carbocycles. The second-order valence-electron chi connectivity index (χ2n) is 5.31. The molecular weight excluding hydrogens is 298 g/mol. The molecule has 2 N–H and O–H groups in total. The third kappa shape index (κ3) is 3.61. The molecule has 0 spiro atoms. The van der Waals surface area contributed by atoms with Gasteiger partial charge in [0, 0.05) is 26.6 Å². The third-order valence-electron chi connectivity index (χ3n) is 3.92. The standard InChI is InChI=1S/C16H21N3O4/c1-4-19-9-10(7-14(19)20)15(21)18-13-6-5-11(23-3)8-12(13)16(22)17-2/h5-6,8,10H,4,7,9H2,1-3H3,(H,17,22)(H,18,21). The number of methoxy groups -OCH3 is 1. The van der Waals surface area contributed by atoms with Gasteiger partial charge in [-0.2, -0.15) is 0 Å². The van der Waals surface area contributed by atoms with Gasteiger partial charge in [-0.3, -0.25) is 14.4 Å². The highest BCUT2D eigenvalue weighted by Crippen LogP contribution is 2.24. The van der Waals surface area contributed by atoms with Gasteiger partial charge < -0.3 is 20.3 Å². The number of rotatable bonds is 5. The maximum atomic E-state index is 12.4. The molecule has 0 saturated carbocycles. The molecule has 1 fully saturated rings. The Balaban J connectivity index is 2.18. The van der Waals surface area contributed by atoms with Crippen molar-refractivity contribution in [3.63, 3.8) is 0 Å². The van der Waals surface area contributed by atoms with Crippen molar-refractivity contribution in [3.05, 3.63) is 23.8 Å². The Morgan fingerprint density at radius 1 is 1.39 bits per heavy atom. The summed E-state index contributed by atoms with van der Waals surface area (Å²) in [7, 11) is 3.02. The molecule has 7 nitrogen and oxygen atoms in total. The number of anilines is 1. The minimum atomic E-state index is -0.401. The molecule has 1 aromatic rings. The summed E-state index contributed by atoms with van der Waals surface area (Å²) in [5.74, 6) is -0.479. The van der Waals surface area contributed by atoms with Gasteiger partial charge in [0.15, 0.2) is 0 Å². The lowest BCUT2D eigenvalue weighted by Gasteiger charge is -2.15. The van der Waals surface area contributed by atoms with Crippen LogP contribution in [0.4, 0.5) is 5.69 Å². The highest BCUT2D eigenvalue weighted by molar-refractivity contribution is 6.05. The fourth-order valence-corrected chi connectivity index (χ4v) is 2.57. The Morgan fingerprint density at radius 2 is 2.13 bits per heavy atom. The molecular formula is C16H21N3O4. The fraction of sp³-hybridized carbons (Fsp3) is 0.438. The van der Waals surface area contributed by atoms with E-state index in [4.69, 9.17) is 4.74 Å². The zero-order chi connectivity index (χ0) is 17.0. The lowest BCUT2D eigenvalue weighted by molar-refractivity contribution is -0.128. The summed E-state index contributed by atoms with van der Waals surface area (Å²) in [5, 5.41) is 5.28. The van der Waals surface area contributed by atoms with Gasteiger partial charge in [-0.05, 0) is 25.1 Å². The SMILES string of the molecule is CCN1CC(C(=O)Nc2ccc(OC)cc2C(=O)NC)CC1=O. The van der Waals surface area contributed by atoms with Crippen LogP contribution in [0.25, 0.3) is 0 Å². The molecule has 23 heavy (non-hydrogen) atoms. The van der Waals surface area contributed by atoms with Crippen LogP contribution in [0.5, 0.6) is 5.75 Å². The van der Waals surface area contributed by atoms with Gasteiger partial charge in [0.05, 0.1) is 24.3 Å². The molecule has 2 rings (SSSR count). The number of nitrogens with one attached hydrogen (secondary N) is 2. The first-order valence-corrected chi connectivity index (χ1v) is 7.48. The topological polar surface area (TPSA) is 87.7 Å². The summed E-state index contributed by atoms with van der Waals surface area (Å²) in [6, 6.07) is 4.85. The quantitative estimate of drug-likeness (QED) is 0.843. The fourth-order valence-electron chi connectivity index (χ4n) is 2.57. The van der Waals surface area contributed by atoms with Crippen LogP contribution in [0.1, 0.15) is 23.7 Å². The summed E-state index contributed by atoms with van der Waals surface area (Å²) in [6.45, 7) is 2.88. The van der Waals surface area contributed by atoms with Crippen molar-refractivity contribution < 1.29 is 19.1 Å². The summed E-state index contributed by atoms with van der Waals surface area (Å²) in [5.41, 5.74) is 0.717. The van der Waals surface area contributed by atoms with Crippen molar-refractivity contribution in [3.8, 4) is 5.75 Å². The number of carbonyl (C=O) groups excluding carboxylic acids is 3. The number of carbonyl (C=O) groups is 3. The van der Waals surface area contributed by atoms with Gasteiger partial charge in [-0.25, -0.2) is 0 Å². The number of likely N-dealkylation sites (tertiary alicyclic amines) is 1. The summed E-state index contributed by atoms with van der Waals surface area (Å²) >= 11 is 0. The van der Waals surface area contributed by atoms with E-state index in [0.29, 0.717) is 30.1 Å². The van der Waals surface area contributed by atoms with Crippen LogP contribution in [0.15, 0.2) is 18.2 Å². The van der Waals surface area contributed by atoms with Crippen LogP contribution in [0, 0.1) is 5.92 Å². The Morgan fingerprint density at radius 3 is 2.70 bits per heavy atom. The van der Waals surface area contributed by atoms with E-state index in [1.54, 1.807) is 23.1 Å². The Kier molecular flexibility index (Phi) is 5.20. The van der Waals surface area contributed by atoms with Gasteiger partial charge >= 0.3 is 0 Å². The van der Waals surface area contributed by atoms with E-state index in [-0.39, 0.29) is 24.1 Å². The normalized spacial score (nSPS) is 17.1. The summed E-state index contributed by atoms with van der Waals surface area (Å²) in [4.78, 5) is 37.8. The number of hydrogen-bond acceptors (Lipinski definition) is 4. The molecule has 1 aliphatic heterocycles. The van der Waals surface area contributed by atoms with Gasteiger partial charge in [0.25, 0.3) is 5.91 Å². The highest BCUT2D eigenvalue weighted by Gasteiger charge is 2.33. The monoisotopic (exact) mass is 319 g/mol. The minimum Gasteiger partial charge on any atom is -0.497 e. The van der Waals surface area contributed by atoms with E-state index in [1.165, 1.54) is 14.2 Å². The van der Waals surface area contributed by atoms with Crippen LogP contribution in [0.3, 0.4) is 0 Å². The van der Waals surface area contributed by atoms with Crippen molar-refractivity contribution in [1.29, 1.82) is 0 Å². The molecule has 0 aromatic heterocycles. The second-order valence-corrected chi connectivity index (χ2v) is 5.31. The molecule has 1 unspecified atom stereocenters. The Labute approximate surface area is 135 Å². The number of ether oxygens (including phenoxy) is 1. The average molecular weight is 319 g/mol. The van der Waals surface area contributed by atoms with Crippen molar-refractivity contribution >= 4 is 23.4 Å². The van der Waals surface area contributed by atoms with Crippen molar-refractivity contribution in [2.24, 2.45) is 5.92 Å².